The second-order valence-electron chi connectivity index (χ2n) is 5.65. The van der Waals surface area contributed by atoms with Crippen molar-refractivity contribution in [2.45, 2.75) is 44.1 Å². The van der Waals surface area contributed by atoms with E-state index >= 15 is 0 Å². The Morgan fingerprint density at radius 1 is 1.38 bits per heavy atom. The van der Waals surface area contributed by atoms with E-state index in [0.717, 1.165) is 19.3 Å². The minimum atomic E-state index is -0.414. The van der Waals surface area contributed by atoms with Crippen LogP contribution in [0.2, 0.25) is 0 Å². The fourth-order valence-corrected chi connectivity index (χ4v) is 2.57. The number of rotatable bonds is 4. The molecule has 1 aromatic heterocycles. The Kier molecular flexibility index (Phi) is 4.64. The van der Waals surface area contributed by atoms with Crippen molar-refractivity contribution in [3.8, 4) is 0 Å². The summed E-state index contributed by atoms with van der Waals surface area (Å²) in [5.74, 6) is 0.889. The lowest BCUT2D eigenvalue weighted by molar-refractivity contribution is 0.229. The maximum Gasteiger partial charge on any atom is 0.227 e. The normalized spacial score (nSPS) is 17.7. The Bertz CT molecular complexity index is 612. The van der Waals surface area contributed by atoms with Crippen LogP contribution < -0.4 is 5.73 Å². The third kappa shape index (κ3) is 3.09. The van der Waals surface area contributed by atoms with Gasteiger partial charge in [0.05, 0.1) is 5.54 Å². The summed E-state index contributed by atoms with van der Waals surface area (Å²) in [7, 11) is 0. The second kappa shape index (κ2) is 6.12. The number of hydrogen-bond acceptors (Lipinski definition) is 4. The smallest absolute Gasteiger partial charge is 0.227 e. The van der Waals surface area contributed by atoms with E-state index in [1.165, 1.54) is 6.07 Å². The van der Waals surface area contributed by atoms with Crippen molar-refractivity contribution in [2.75, 3.05) is 0 Å². The summed E-state index contributed by atoms with van der Waals surface area (Å²) >= 11 is 0. The highest BCUT2D eigenvalue weighted by Gasteiger charge is 2.39. The molecule has 0 aliphatic heterocycles. The molecule has 4 nitrogen and oxygen atoms in total. The standard InChI is InChI=1S/C15H18FN3O.ClH/c1-10(11-5-2-3-6-12(11)16)9-13-18-14(19-20-13)15(17)7-4-8-15;/h2-3,5-6,10H,4,7-9,17H2,1H3;1H. The molecule has 3 rings (SSSR count). The predicted molar refractivity (Wildman–Crippen MR) is 79.8 cm³/mol. The lowest BCUT2D eigenvalue weighted by atomic mass is 9.77. The lowest BCUT2D eigenvalue weighted by Gasteiger charge is -2.34. The van der Waals surface area contributed by atoms with Gasteiger partial charge in [-0.3, -0.25) is 0 Å². The summed E-state index contributed by atoms with van der Waals surface area (Å²) in [5, 5.41) is 3.97. The van der Waals surface area contributed by atoms with E-state index in [9.17, 15) is 4.39 Å². The molecule has 6 heteroatoms. The summed E-state index contributed by atoms with van der Waals surface area (Å²) in [4.78, 5) is 4.37. The monoisotopic (exact) mass is 311 g/mol. The second-order valence-corrected chi connectivity index (χ2v) is 5.65. The summed E-state index contributed by atoms with van der Waals surface area (Å²) in [6.07, 6.45) is 3.42. The maximum atomic E-state index is 13.7. The van der Waals surface area contributed by atoms with Crippen LogP contribution in [0.3, 0.4) is 0 Å². The van der Waals surface area contributed by atoms with Crippen molar-refractivity contribution >= 4 is 12.4 Å². The number of nitrogens with two attached hydrogens (primary N) is 1. The molecule has 0 saturated heterocycles. The van der Waals surface area contributed by atoms with Gasteiger partial charge in [0.15, 0.2) is 5.82 Å². The first kappa shape index (κ1) is 15.9. The van der Waals surface area contributed by atoms with Gasteiger partial charge in [0.2, 0.25) is 5.89 Å². The van der Waals surface area contributed by atoms with E-state index in [4.69, 9.17) is 10.3 Å². The van der Waals surface area contributed by atoms with Crippen molar-refractivity contribution in [3.63, 3.8) is 0 Å². The fourth-order valence-electron chi connectivity index (χ4n) is 2.57. The van der Waals surface area contributed by atoms with Gasteiger partial charge < -0.3 is 10.3 Å². The zero-order valence-electron chi connectivity index (χ0n) is 11.9. The molecule has 114 valence electrons. The van der Waals surface area contributed by atoms with Gasteiger partial charge in [-0.15, -0.1) is 12.4 Å². The number of nitrogens with zero attached hydrogens (tertiary/aromatic N) is 2. The largest absolute Gasteiger partial charge is 0.339 e. The average Bonchev–Trinajstić information content (AvgIpc) is 2.85. The van der Waals surface area contributed by atoms with Gasteiger partial charge in [-0.25, -0.2) is 4.39 Å². The van der Waals surface area contributed by atoms with E-state index in [1.807, 2.05) is 13.0 Å². The average molecular weight is 312 g/mol. The first-order valence-corrected chi connectivity index (χ1v) is 6.95. The highest BCUT2D eigenvalue weighted by atomic mass is 35.5. The molecule has 0 radical (unpaired) electrons. The van der Waals surface area contributed by atoms with Crippen molar-refractivity contribution in [2.24, 2.45) is 5.73 Å². The molecule has 0 spiro atoms. The van der Waals surface area contributed by atoms with Crippen LogP contribution in [0.25, 0.3) is 0 Å². The zero-order chi connectivity index (χ0) is 14.2. The first-order valence-electron chi connectivity index (χ1n) is 6.95. The predicted octanol–water partition coefficient (Wildman–Crippen LogP) is 3.31. The van der Waals surface area contributed by atoms with Crippen molar-refractivity contribution in [1.82, 2.24) is 10.1 Å². The van der Waals surface area contributed by atoms with Crippen LogP contribution in [0.5, 0.6) is 0 Å². The summed E-state index contributed by atoms with van der Waals surface area (Å²) in [6.45, 7) is 1.95. The third-order valence-electron chi connectivity index (χ3n) is 4.08. The first-order chi connectivity index (χ1) is 9.58. The highest BCUT2D eigenvalue weighted by Crippen LogP contribution is 2.37. The molecule has 1 aliphatic carbocycles. The van der Waals surface area contributed by atoms with Crippen LogP contribution in [-0.4, -0.2) is 10.1 Å². The van der Waals surface area contributed by atoms with Crippen LogP contribution in [0, 0.1) is 5.82 Å². The zero-order valence-corrected chi connectivity index (χ0v) is 12.7. The van der Waals surface area contributed by atoms with E-state index in [1.54, 1.807) is 12.1 Å². The molecule has 0 amide bonds. The lowest BCUT2D eigenvalue weighted by Crippen LogP contribution is -2.44. The molecule has 1 aliphatic rings. The molecule has 2 N–H and O–H groups in total. The van der Waals surface area contributed by atoms with E-state index in [0.29, 0.717) is 23.7 Å². The van der Waals surface area contributed by atoms with E-state index < -0.39 is 5.54 Å². The quantitative estimate of drug-likeness (QED) is 0.940. The molecule has 21 heavy (non-hydrogen) atoms. The molecule has 1 heterocycles. The van der Waals surface area contributed by atoms with E-state index in [-0.39, 0.29) is 24.1 Å². The van der Waals surface area contributed by atoms with Crippen LogP contribution in [-0.2, 0) is 12.0 Å². The van der Waals surface area contributed by atoms with Crippen LogP contribution in [0.4, 0.5) is 4.39 Å². The molecule has 1 saturated carbocycles. The number of aromatic nitrogens is 2. The van der Waals surface area contributed by atoms with Gasteiger partial charge in [0.1, 0.15) is 5.82 Å². The Labute approximate surface area is 129 Å². The van der Waals surface area contributed by atoms with Crippen LogP contribution in [0.1, 0.15) is 49.4 Å². The molecule has 2 aromatic rings. The van der Waals surface area contributed by atoms with Crippen LogP contribution >= 0.6 is 12.4 Å². The van der Waals surface area contributed by atoms with Gasteiger partial charge in [-0.1, -0.05) is 30.3 Å². The summed E-state index contributed by atoms with van der Waals surface area (Å²) in [5.41, 5.74) is 6.41. The third-order valence-corrected chi connectivity index (χ3v) is 4.08. The fraction of sp³-hybridized carbons (Fsp3) is 0.467. The molecular weight excluding hydrogens is 293 g/mol. The molecule has 1 aromatic carbocycles. The van der Waals surface area contributed by atoms with E-state index in [2.05, 4.69) is 10.1 Å². The highest BCUT2D eigenvalue weighted by molar-refractivity contribution is 5.85. The van der Waals surface area contributed by atoms with Crippen molar-refractivity contribution < 1.29 is 8.91 Å². The van der Waals surface area contributed by atoms with Crippen LogP contribution in [0.15, 0.2) is 28.8 Å². The Hall–Kier alpha value is -1.46. The molecule has 1 atom stereocenters. The number of halogens is 2. The Morgan fingerprint density at radius 3 is 2.71 bits per heavy atom. The summed E-state index contributed by atoms with van der Waals surface area (Å²) in [6, 6.07) is 6.77. The molecule has 1 fully saturated rings. The molecular formula is C15H19ClFN3O. The number of benzene rings is 1. The minimum Gasteiger partial charge on any atom is -0.339 e. The van der Waals surface area contributed by atoms with Crippen molar-refractivity contribution in [1.29, 1.82) is 0 Å². The van der Waals surface area contributed by atoms with Gasteiger partial charge in [-0.2, -0.15) is 4.98 Å². The van der Waals surface area contributed by atoms with Gasteiger partial charge in [-0.05, 0) is 36.8 Å². The van der Waals surface area contributed by atoms with Gasteiger partial charge in [0, 0.05) is 6.42 Å². The molecule has 0 bridgehead atoms. The summed E-state index contributed by atoms with van der Waals surface area (Å²) < 4.78 is 19.0. The molecule has 1 unspecified atom stereocenters. The van der Waals surface area contributed by atoms with Crippen molar-refractivity contribution in [3.05, 3.63) is 47.4 Å². The Balaban J connectivity index is 0.00000161. The topological polar surface area (TPSA) is 64.9 Å². The number of hydrogen-bond donors (Lipinski definition) is 1. The van der Waals surface area contributed by atoms with Gasteiger partial charge in [0.25, 0.3) is 0 Å². The SMILES string of the molecule is CC(Cc1nc(C2(N)CCC2)no1)c1ccccc1F.Cl. The van der Waals surface area contributed by atoms with Gasteiger partial charge >= 0.3 is 0 Å². The Morgan fingerprint density at radius 2 is 2.10 bits per heavy atom. The minimum absolute atomic E-state index is 0. The maximum absolute atomic E-state index is 13.7.